The molecule has 0 radical (unpaired) electrons. The summed E-state index contributed by atoms with van der Waals surface area (Å²) in [5.74, 6) is 1.88. The number of ketones is 1. The number of methoxy groups -OCH3 is 1. The van der Waals surface area contributed by atoms with Crippen molar-refractivity contribution in [2.45, 2.75) is 6.61 Å². The molecule has 0 atom stereocenters. The predicted molar refractivity (Wildman–Crippen MR) is 105 cm³/mol. The number of hydrogen-bond acceptors (Lipinski definition) is 4. The standard InChI is InChI=1S/C16H14O2.C7H6O2/c1-18-15-9-5-6-13(12-15)10-11-16(17)14-7-3-2-4-8-14;8-7-3-6-2-1-5(7)4-9-6/h2-12H,1H3;1-3,8H,4H2/b11-10+;. The third-order valence-electron chi connectivity index (χ3n) is 4.03. The number of aromatic hydroxyl groups is 1. The van der Waals surface area contributed by atoms with E-state index < -0.39 is 0 Å². The van der Waals surface area contributed by atoms with Crippen LogP contribution in [-0.2, 0) is 6.61 Å². The van der Waals surface area contributed by atoms with E-state index in [0.29, 0.717) is 17.9 Å². The van der Waals surface area contributed by atoms with Gasteiger partial charge in [-0.05, 0) is 35.9 Å². The van der Waals surface area contributed by atoms with Crippen LogP contribution in [0.1, 0.15) is 21.5 Å². The quantitative estimate of drug-likeness (QED) is 0.532. The van der Waals surface area contributed by atoms with E-state index in [0.717, 1.165) is 22.6 Å². The fraction of sp³-hybridized carbons (Fsp3) is 0.0870. The van der Waals surface area contributed by atoms with E-state index in [2.05, 4.69) is 0 Å². The first-order chi connectivity index (χ1) is 13.2. The molecule has 2 bridgehead atoms. The molecule has 2 heterocycles. The highest BCUT2D eigenvalue weighted by molar-refractivity contribution is 6.06. The fourth-order valence-corrected chi connectivity index (χ4v) is 2.53. The van der Waals surface area contributed by atoms with E-state index in [1.807, 2.05) is 54.6 Å². The van der Waals surface area contributed by atoms with Crippen LogP contribution in [0.5, 0.6) is 17.2 Å². The summed E-state index contributed by atoms with van der Waals surface area (Å²) in [5, 5.41) is 9.07. The maximum atomic E-state index is 11.9. The van der Waals surface area contributed by atoms with Crippen LogP contribution in [0.3, 0.4) is 0 Å². The lowest BCUT2D eigenvalue weighted by Gasteiger charge is -2.14. The van der Waals surface area contributed by atoms with Gasteiger partial charge in [-0.2, -0.15) is 0 Å². The number of phenols is 1. The van der Waals surface area contributed by atoms with E-state index in [-0.39, 0.29) is 5.78 Å². The molecule has 4 heteroatoms. The third kappa shape index (κ3) is 4.98. The highest BCUT2D eigenvalue weighted by atomic mass is 16.5. The Morgan fingerprint density at radius 1 is 1.04 bits per heavy atom. The molecule has 3 aromatic carbocycles. The van der Waals surface area contributed by atoms with Gasteiger partial charge in [0, 0.05) is 17.2 Å². The second-order valence-electron chi connectivity index (χ2n) is 5.92. The number of ether oxygens (including phenoxy) is 2. The van der Waals surface area contributed by atoms with Gasteiger partial charge in [0.2, 0.25) is 0 Å². The molecule has 1 N–H and O–H groups in total. The average molecular weight is 360 g/mol. The highest BCUT2D eigenvalue weighted by Gasteiger charge is 2.09. The molecule has 0 saturated heterocycles. The van der Waals surface area contributed by atoms with Crippen molar-refractivity contribution in [3.63, 3.8) is 0 Å². The van der Waals surface area contributed by atoms with Crippen LogP contribution in [0.4, 0.5) is 0 Å². The summed E-state index contributed by atoms with van der Waals surface area (Å²) in [6.45, 7) is 0.522. The molecule has 0 aromatic heterocycles. The summed E-state index contributed by atoms with van der Waals surface area (Å²) in [6, 6.07) is 22.1. The van der Waals surface area contributed by atoms with Crippen molar-refractivity contribution in [1.29, 1.82) is 0 Å². The molecular formula is C23H20O4. The predicted octanol–water partition coefficient (Wildman–Crippen LogP) is 4.88. The SMILES string of the molecule is COc1cccc(/C=C/C(=O)c2ccccc2)c1.Oc1cc2ccc1CO2. The first-order valence-electron chi connectivity index (χ1n) is 8.52. The minimum absolute atomic E-state index is 0.00146. The van der Waals surface area contributed by atoms with E-state index >= 15 is 0 Å². The van der Waals surface area contributed by atoms with E-state index in [1.54, 1.807) is 37.5 Å². The zero-order valence-corrected chi connectivity index (χ0v) is 15.0. The number of carbonyl (C=O) groups is 1. The van der Waals surface area contributed by atoms with Crippen LogP contribution in [-0.4, -0.2) is 18.0 Å². The van der Waals surface area contributed by atoms with Crippen LogP contribution in [0.2, 0.25) is 0 Å². The second kappa shape index (κ2) is 8.72. The van der Waals surface area contributed by atoms with Crippen molar-refractivity contribution in [3.8, 4) is 17.2 Å². The largest absolute Gasteiger partial charge is 0.507 e. The molecule has 0 spiro atoms. The topological polar surface area (TPSA) is 55.8 Å². The maximum absolute atomic E-state index is 11.9. The molecule has 136 valence electrons. The lowest BCUT2D eigenvalue weighted by atomic mass is 10.1. The molecule has 0 saturated carbocycles. The van der Waals surface area contributed by atoms with Gasteiger partial charge in [0.15, 0.2) is 5.78 Å². The zero-order valence-electron chi connectivity index (χ0n) is 15.0. The van der Waals surface area contributed by atoms with Gasteiger partial charge < -0.3 is 14.6 Å². The summed E-state index contributed by atoms with van der Waals surface area (Å²) in [4.78, 5) is 11.9. The number of hydrogen-bond donors (Lipinski definition) is 1. The fourth-order valence-electron chi connectivity index (χ4n) is 2.53. The molecule has 0 fully saturated rings. The van der Waals surface area contributed by atoms with Gasteiger partial charge in [0.05, 0.1) is 7.11 Å². The van der Waals surface area contributed by atoms with Crippen LogP contribution < -0.4 is 9.47 Å². The monoisotopic (exact) mass is 360 g/mol. The van der Waals surface area contributed by atoms with Crippen molar-refractivity contribution in [3.05, 3.63) is 95.6 Å². The number of rotatable bonds is 4. The van der Waals surface area contributed by atoms with Gasteiger partial charge in [-0.25, -0.2) is 0 Å². The molecule has 2 aliphatic rings. The Hall–Kier alpha value is -3.53. The zero-order chi connectivity index (χ0) is 19.1. The number of allylic oxidation sites excluding steroid dienone is 1. The van der Waals surface area contributed by atoms with E-state index in [4.69, 9.17) is 14.6 Å². The van der Waals surface area contributed by atoms with Gasteiger partial charge in [0.25, 0.3) is 0 Å². The molecule has 27 heavy (non-hydrogen) atoms. The van der Waals surface area contributed by atoms with Crippen molar-refractivity contribution in [2.24, 2.45) is 0 Å². The Morgan fingerprint density at radius 2 is 1.85 bits per heavy atom. The molecule has 3 aromatic rings. The Kier molecular flexibility index (Phi) is 5.90. The molecular weight excluding hydrogens is 340 g/mol. The van der Waals surface area contributed by atoms with E-state index in [1.165, 1.54) is 0 Å². The third-order valence-corrected chi connectivity index (χ3v) is 4.03. The van der Waals surface area contributed by atoms with Crippen molar-refractivity contribution in [1.82, 2.24) is 0 Å². The lowest BCUT2D eigenvalue weighted by Crippen LogP contribution is -2.01. The Bertz CT molecular complexity index is 946. The first kappa shape index (κ1) is 18.3. The van der Waals surface area contributed by atoms with Crippen LogP contribution >= 0.6 is 0 Å². The minimum Gasteiger partial charge on any atom is -0.507 e. The highest BCUT2D eigenvalue weighted by Crippen LogP contribution is 2.29. The Balaban J connectivity index is 0.000000193. The summed E-state index contributed by atoms with van der Waals surface area (Å²) >= 11 is 0. The minimum atomic E-state index is -0.00146. The smallest absolute Gasteiger partial charge is 0.185 e. The van der Waals surface area contributed by atoms with Crippen LogP contribution in [0.25, 0.3) is 6.08 Å². The number of fused-ring (bicyclic) bond motifs is 3. The summed E-state index contributed by atoms with van der Waals surface area (Å²) < 4.78 is 10.2. The second-order valence-corrected chi connectivity index (χ2v) is 5.92. The number of carbonyl (C=O) groups excluding carboxylic acids is 1. The average Bonchev–Trinajstić information content (AvgIpc) is 2.74. The number of phenolic OH excluding ortho intramolecular Hbond substituents is 1. The molecule has 0 amide bonds. The van der Waals surface area contributed by atoms with Gasteiger partial charge in [-0.1, -0.05) is 48.5 Å². The van der Waals surface area contributed by atoms with Crippen molar-refractivity contribution >= 4 is 11.9 Å². The van der Waals surface area contributed by atoms with Gasteiger partial charge in [0.1, 0.15) is 23.9 Å². The van der Waals surface area contributed by atoms with Crippen molar-refractivity contribution in [2.75, 3.05) is 7.11 Å². The van der Waals surface area contributed by atoms with Gasteiger partial charge >= 0.3 is 0 Å². The summed E-state index contributed by atoms with van der Waals surface area (Å²) in [5.41, 5.74) is 2.50. The van der Waals surface area contributed by atoms with Gasteiger partial charge in [-0.3, -0.25) is 4.79 Å². The Labute approximate surface area is 158 Å². The van der Waals surface area contributed by atoms with Crippen molar-refractivity contribution < 1.29 is 19.4 Å². The lowest BCUT2D eigenvalue weighted by molar-refractivity contribution is 0.104. The van der Waals surface area contributed by atoms with Crippen LogP contribution in [0.15, 0.2) is 78.9 Å². The number of benzene rings is 3. The first-order valence-corrected chi connectivity index (χ1v) is 8.52. The summed E-state index contributed by atoms with van der Waals surface area (Å²) in [7, 11) is 1.62. The molecule has 2 aliphatic heterocycles. The normalized spacial score (nSPS) is 11.4. The van der Waals surface area contributed by atoms with Gasteiger partial charge in [-0.15, -0.1) is 0 Å². The molecule has 0 unspecified atom stereocenters. The Morgan fingerprint density at radius 3 is 2.41 bits per heavy atom. The van der Waals surface area contributed by atoms with Crippen LogP contribution in [0, 0.1) is 0 Å². The summed E-state index contributed by atoms with van der Waals surface area (Å²) in [6.07, 6.45) is 3.36. The van der Waals surface area contributed by atoms with E-state index in [9.17, 15) is 4.79 Å². The molecule has 4 nitrogen and oxygen atoms in total. The molecule has 0 aliphatic carbocycles. The molecule has 5 rings (SSSR count). The maximum Gasteiger partial charge on any atom is 0.185 e.